The summed E-state index contributed by atoms with van der Waals surface area (Å²) >= 11 is 5.82. The minimum atomic E-state index is -0.542. The molecule has 1 amide bonds. The Morgan fingerprint density at radius 3 is 2.63 bits per heavy atom. The fraction of sp³-hybridized carbons (Fsp3) is 0.321. The number of methoxy groups -OCH3 is 1. The Kier molecular flexibility index (Phi) is 10.4. The van der Waals surface area contributed by atoms with Gasteiger partial charge in [0.1, 0.15) is 17.6 Å². The molecule has 1 saturated carbocycles. The molecule has 0 unspecified atom stereocenters. The van der Waals surface area contributed by atoms with Gasteiger partial charge in [-0.25, -0.2) is 4.39 Å². The van der Waals surface area contributed by atoms with E-state index in [9.17, 15) is 14.4 Å². The van der Waals surface area contributed by atoms with Crippen LogP contribution in [0.1, 0.15) is 18.9 Å². The number of nitrogens with one attached hydrogen (secondary N) is 2. The number of benzene rings is 2. The number of aliphatic hydroxyl groups excluding tert-OH is 1. The second-order valence-electron chi connectivity index (χ2n) is 8.79. The van der Waals surface area contributed by atoms with Gasteiger partial charge in [-0.3, -0.25) is 14.7 Å². The van der Waals surface area contributed by atoms with Crippen molar-refractivity contribution in [1.29, 1.82) is 5.26 Å². The molecule has 38 heavy (non-hydrogen) atoms. The van der Waals surface area contributed by atoms with Crippen molar-refractivity contribution in [3.8, 4) is 11.8 Å². The summed E-state index contributed by atoms with van der Waals surface area (Å²) in [5.74, 6) is 2.06. The number of likely N-dealkylation sites (tertiary alicyclic amines) is 1. The summed E-state index contributed by atoms with van der Waals surface area (Å²) in [6, 6.07) is 9.49. The lowest BCUT2D eigenvalue weighted by Crippen LogP contribution is -2.22. The number of ether oxygens (including phenoxy) is 1. The number of nitrogens with zero attached hydrogens (tertiary/aromatic N) is 3. The van der Waals surface area contributed by atoms with Gasteiger partial charge >= 0.3 is 0 Å². The number of aliphatic hydroxyl groups is 1. The molecule has 0 spiro atoms. The molecule has 0 bridgehead atoms. The number of hydrogen-bond acceptors (Lipinski definition) is 7. The number of hydrogen-bond donors (Lipinski definition) is 3. The second kappa shape index (κ2) is 13.7. The van der Waals surface area contributed by atoms with E-state index in [1.54, 1.807) is 12.1 Å². The lowest BCUT2D eigenvalue weighted by Gasteiger charge is -2.14. The Hall–Kier alpha value is -3.71. The van der Waals surface area contributed by atoms with Crippen LogP contribution in [0.3, 0.4) is 0 Å². The number of carbonyl (C=O) groups excluding carboxylic acids is 1. The number of rotatable bonds is 7. The highest BCUT2D eigenvalue weighted by Gasteiger charge is 2.44. The summed E-state index contributed by atoms with van der Waals surface area (Å²) in [7, 11) is 2.47. The van der Waals surface area contributed by atoms with Crippen molar-refractivity contribution in [3.05, 3.63) is 65.1 Å². The molecule has 2 aromatic carbocycles. The highest BCUT2D eigenvalue weighted by atomic mass is 35.5. The Balaban J connectivity index is 0.000000275. The van der Waals surface area contributed by atoms with E-state index in [4.69, 9.17) is 21.4 Å². The minimum Gasteiger partial charge on any atom is -0.494 e. The maximum absolute atomic E-state index is 13.4. The predicted octanol–water partition coefficient (Wildman–Crippen LogP) is 5.34. The summed E-state index contributed by atoms with van der Waals surface area (Å²) in [5.41, 5.74) is 2.21. The van der Waals surface area contributed by atoms with Gasteiger partial charge in [0.25, 0.3) is 0 Å². The highest BCUT2D eigenvalue weighted by Crippen LogP contribution is 2.44. The van der Waals surface area contributed by atoms with Crippen molar-refractivity contribution in [2.24, 2.45) is 11.8 Å². The monoisotopic (exact) mass is 539 g/mol. The molecular weight excluding hydrogens is 509 g/mol. The van der Waals surface area contributed by atoms with E-state index >= 15 is 0 Å². The van der Waals surface area contributed by atoms with Crippen molar-refractivity contribution in [2.45, 2.75) is 13.3 Å². The topological polar surface area (TPSA) is 111 Å². The molecule has 2 heterocycles. The normalized spacial score (nSPS) is 17.4. The average molecular weight is 540 g/mol. The first-order chi connectivity index (χ1) is 18.5. The molecule has 5 rings (SSSR count). The summed E-state index contributed by atoms with van der Waals surface area (Å²) in [6.45, 7) is 6.02. The number of fused-ring (bicyclic) bond motifs is 2. The summed E-state index contributed by atoms with van der Waals surface area (Å²) in [4.78, 5) is 17.7. The zero-order valence-electron chi connectivity index (χ0n) is 21.5. The maximum Gasteiger partial charge on any atom is 0.211 e. The van der Waals surface area contributed by atoms with Gasteiger partial charge in [-0.1, -0.05) is 23.8 Å². The van der Waals surface area contributed by atoms with Crippen LogP contribution in [0.4, 0.5) is 21.5 Å². The third-order valence-corrected chi connectivity index (χ3v) is 6.66. The predicted molar refractivity (Wildman–Crippen MR) is 148 cm³/mol. The fourth-order valence-electron chi connectivity index (χ4n) is 4.40. The van der Waals surface area contributed by atoms with Gasteiger partial charge in [0.15, 0.2) is 0 Å². The van der Waals surface area contributed by atoms with Gasteiger partial charge in [-0.15, -0.1) is 0 Å². The third-order valence-electron chi connectivity index (χ3n) is 6.37. The molecule has 8 nitrogen and oxygen atoms in total. The molecule has 3 N–H and O–H groups in total. The number of carbonyl (C=O) groups is 1. The molecule has 2 aliphatic rings. The number of aromatic nitrogens is 1. The number of nitriles is 1. The van der Waals surface area contributed by atoms with Crippen LogP contribution in [0.5, 0.6) is 5.75 Å². The van der Waals surface area contributed by atoms with Crippen LogP contribution < -0.4 is 15.4 Å². The van der Waals surface area contributed by atoms with Gasteiger partial charge in [0.2, 0.25) is 6.41 Å². The smallest absolute Gasteiger partial charge is 0.211 e. The molecule has 1 aromatic heterocycles. The van der Waals surface area contributed by atoms with Crippen LogP contribution >= 0.6 is 11.6 Å². The molecule has 2 fully saturated rings. The summed E-state index contributed by atoms with van der Waals surface area (Å²) in [5, 5.41) is 22.6. The Morgan fingerprint density at radius 2 is 2.03 bits per heavy atom. The number of amides is 1. The molecule has 200 valence electrons. The van der Waals surface area contributed by atoms with Crippen LogP contribution in [0.25, 0.3) is 10.9 Å². The Bertz CT molecular complexity index is 1330. The standard InChI is InChI=1S/C18H12ClFN4O2.C9H15N.CH4O/c1-26-17-6-15-12(5-16(17)23-9-25)18(10(7-21)8-22-15)24-11-2-3-14(20)13(19)4-11;1-2-3-4-10-6-8-5-9(8)7-10;1-2/h2-6,8-9H,1H3,(H,22,24)(H,23,25);2-3,8-9H,4-7H2,1H3;2H,1H3/b;3-2+;/t;8-,9+;. The highest BCUT2D eigenvalue weighted by molar-refractivity contribution is 6.31. The van der Waals surface area contributed by atoms with E-state index in [2.05, 4.69) is 45.7 Å². The number of piperidine rings is 1. The molecule has 1 saturated heterocycles. The number of allylic oxidation sites excluding steroid dienone is 1. The third kappa shape index (κ3) is 6.98. The molecule has 1 aliphatic carbocycles. The van der Waals surface area contributed by atoms with Crippen molar-refractivity contribution in [3.63, 3.8) is 0 Å². The van der Waals surface area contributed by atoms with E-state index < -0.39 is 5.82 Å². The van der Waals surface area contributed by atoms with Gasteiger partial charge < -0.3 is 20.5 Å². The molecular formula is C28H31ClFN5O3. The first-order valence-corrected chi connectivity index (χ1v) is 12.5. The van der Waals surface area contributed by atoms with E-state index in [1.165, 1.54) is 57.6 Å². The Labute approximate surface area is 226 Å². The molecule has 10 heteroatoms. The number of pyridine rings is 1. The fourth-order valence-corrected chi connectivity index (χ4v) is 4.58. The second-order valence-corrected chi connectivity index (χ2v) is 9.20. The van der Waals surface area contributed by atoms with Crippen LogP contribution in [0.2, 0.25) is 5.02 Å². The lowest BCUT2D eigenvalue weighted by molar-refractivity contribution is -0.105. The number of halogens is 2. The minimum absolute atomic E-state index is 0.0446. The molecule has 0 radical (unpaired) electrons. The first kappa shape index (κ1) is 28.9. The average Bonchev–Trinajstić information content (AvgIpc) is 3.56. The largest absolute Gasteiger partial charge is 0.494 e. The SMILES string of the molecule is C/C=C/CN1C[C@H]2C[C@H]2C1.CO.COc1cc2ncc(C#N)c(Nc3ccc(F)c(Cl)c3)c2cc1NC=O. The van der Waals surface area contributed by atoms with Crippen LogP contribution in [0.15, 0.2) is 48.7 Å². The van der Waals surface area contributed by atoms with E-state index in [0.29, 0.717) is 40.1 Å². The van der Waals surface area contributed by atoms with Crippen molar-refractivity contribution < 1.29 is 19.0 Å². The summed E-state index contributed by atoms with van der Waals surface area (Å²) in [6.07, 6.45) is 7.86. The molecule has 1 aliphatic heterocycles. The zero-order chi connectivity index (χ0) is 27.7. The van der Waals surface area contributed by atoms with Crippen LogP contribution in [0, 0.1) is 29.0 Å². The van der Waals surface area contributed by atoms with Gasteiger partial charge in [0.05, 0.1) is 34.6 Å². The molecule has 2 atom stereocenters. The van der Waals surface area contributed by atoms with Gasteiger partial charge in [0, 0.05) is 50.1 Å². The summed E-state index contributed by atoms with van der Waals surface area (Å²) < 4.78 is 18.6. The Morgan fingerprint density at radius 1 is 1.29 bits per heavy atom. The molecule has 3 aromatic rings. The van der Waals surface area contributed by atoms with E-state index in [-0.39, 0.29) is 10.6 Å². The van der Waals surface area contributed by atoms with E-state index in [1.807, 2.05) is 0 Å². The van der Waals surface area contributed by atoms with Crippen molar-refractivity contribution in [1.82, 2.24) is 9.88 Å². The number of anilines is 3. The maximum atomic E-state index is 13.4. The van der Waals surface area contributed by atoms with Gasteiger partial charge in [-0.2, -0.15) is 5.26 Å². The van der Waals surface area contributed by atoms with Crippen LogP contribution in [-0.4, -0.2) is 55.3 Å². The van der Waals surface area contributed by atoms with Crippen LogP contribution in [-0.2, 0) is 4.79 Å². The van der Waals surface area contributed by atoms with Crippen molar-refractivity contribution in [2.75, 3.05) is 44.5 Å². The quantitative estimate of drug-likeness (QED) is 0.274. The van der Waals surface area contributed by atoms with E-state index in [0.717, 1.165) is 18.9 Å². The lowest BCUT2D eigenvalue weighted by atomic mass is 10.1. The zero-order valence-corrected chi connectivity index (χ0v) is 22.3. The van der Waals surface area contributed by atoms with Gasteiger partial charge in [-0.05, 0) is 49.4 Å². The first-order valence-electron chi connectivity index (χ1n) is 12.1. The van der Waals surface area contributed by atoms with Crippen molar-refractivity contribution >= 4 is 46.0 Å².